The molecular weight excluding hydrogens is 596 g/mol. The summed E-state index contributed by atoms with van der Waals surface area (Å²) in [7, 11) is 1.68. The second kappa shape index (κ2) is 11.5. The Labute approximate surface area is 260 Å². The zero-order chi connectivity index (χ0) is 33.1. The predicted molar refractivity (Wildman–Crippen MR) is 159 cm³/mol. The molecule has 2 aromatic carbocycles. The van der Waals surface area contributed by atoms with Gasteiger partial charge in [-0.3, -0.25) is 0 Å². The fourth-order valence-electron chi connectivity index (χ4n) is 6.54. The van der Waals surface area contributed by atoms with Gasteiger partial charge in [0.15, 0.2) is 0 Å². The standard InChI is InChI=1S/C35H39F6NO3/c1-20-12-30(23-14-26(34(36,37)38)17-27(15-23)35(39,40)41)45-31(43)42(20)19-24-13-21-8-7-9-22(21)16-28(24)29-18-25(32(2,3)4)10-11-33(29,5)44-6/h10,13-18,20,30H,7-9,11-12,19H2,1-6H3/t20-,30-,33?/m0/s1. The lowest BCUT2D eigenvalue weighted by Gasteiger charge is -2.39. The van der Waals surface area contributed by atoms with Crippen LogP contribution in [0, 0.1) is 5.41 Å². The Morgan fingerprint density at radius 1 is 0.956 bits per heavy atom. The normalized spacial score (nSPS) is 24.3. The molecule has 1 aliphatic heterocycles. The summed E-state index contributed by atoms with van der Waals surface area (Å²) in [5.41, 5.74) is 2.55. The minimum atomic E-state index is -5.00. The van der Waals surface area contributed by atoms with Gasteiger partial charge >= 0.3 is 18.4 Å². The van der Waals surface area contributed by atoms with Crippen LogP contribution in [0.3, 0.4) is 0 Å². The first-order chi connectivity index (χ1) is 20.8. The van der Waals surface area contributed by atoms with Gasteiger partial charge in [0.25, 0.3) is 0 Å². The third-order valence-corrected chi connectivity index (χ3v) is 9.39. The molecule has 4 nitrogen and oxygen atoms in total. The van der Waals surface area contributed by atoms with Gasteiger partial charge in [0.1, 0.15) is 6.10 Å². The molecule has 45 heavy (non-hydrogen) atoms. The van der Waals surface area contributed by atoms with Gasteiger partial charge in [-0.05, 0) is 102 Å². The highest BCUT2D eigenvalue weighted by Gasteiger charge is 2.41. The number of aryl methyl sites for hydroxylation is 2. The Morgan fingerprint density at radius 3 is 2.09 bits per heavy atom. The summed E-state index contributed by atoms with van der Waals surface area (Å²) in [5, 5.41) is 0. The Hall–Kier alpha value is -3.27. The number of carbonyl (C=O) groups excluding carboxylic acids is 1. The molecule has 3 aliphatic rings. The van der Waals surface area contributed by atoms with Crippen molar-refractivity contribution in [1.82, 2.24) is 4.90 Å². The van der Waals surface area contributed by atoms with Gasteiger partial charge in [0.2, 0.25) is 0 Å². The van der Waals surface area contributed by atoms with Gasteiger partial charge < -0.3 is 14.4 Å². The SMILES string of the molecule is COC1(C)CC=C(C(C)(C)C)C=C1c1cc2c(cc1CN1C(=O)O[C@H](c3cc(C(F)(F)F)cc(C(F)(F)F)c3)C[C@@H]1C)CCC2. The van der Waals surface area contributed by atoms with Crippen molar-refractivity contribution in [1.29, 1.82) is 0 Å². The fraction of sp³-hybridized carbons (Fsp3) is 0.514. The molecule has 0 aromatic heterocycles. The molecule has 1 heterocycles. The van der Waals surface area contributed by atoms with Crippen LogP contribution in [0.25, 0.3) is 5.57 Å². The van der Waals surface area contributed by atoms with Crippen LogP contribution >= 0.6 is 0 Å². The van der Waals surface area contributed by atoms with E-state index >= 15 is 0 Å². The quantitative estimate of drug-likeness (QED) is 0.307. The molecule has 1 saturated heterocycles. The average Bonchev–Trinajstić information content (AvgIpc) is 3.40. The van der Waals surface area contributed by atoms with Crippen molar-refractivity contribution in [3.05, 3.63) is 87.0 Å². The number of amides is 1. The predicted octanol–water partition coefficient (Wildman–Crippen LogP) is 9.85. The molecule has 1 fully saturated rings. The molecule has 0 N–H and O–H groups in total. The highest BCUT2D eigenvalue weighted by molar-refractivity contribution is 5.79. The zero-order valence-electron chi connectivity index (χ0n) is 26.4. The van der Waals surface area contributed by atoms with E-state index in [9.17, 15) is 31.1 Å². The summed E-state index contributed by atoms with van der Waals surface area (Å²) in [6, 6.07) is 5.13. The van der Waals surface area contributed by atoms with Crippen molar-refractivity contribution in [2.75, 3.05) is 7.11 Å². The van der Waals surface area contributed by atoms with Gasteiger partial charge in [-0.1, -0.05) is 45.1 Å². The van der Waals surface area contributed by atoms with Crippen molar-refractivity contribution in [2.45, 2.75) is 103 Å². The number of methoxy groups -OCH3 is 1. The molecule has 3 atom stereocenters. The molecule has 0 spiro atoms. The smallest absolute Gasteiger partial charge is 0.416 e. The summed E-state index contributed by atoms with van der Waals surface area (Å²) in [6.45, 7) is 10.4. The fourth-order valence-corrected chi connectivity index (χ4v) is 6.54. The van der Waals surface area contributed by atoms with Gasteiger partial charge in [0, 0.05) is 26.1 Å². The number of rotatable bonds is 5. The number of cyclic esters (lactones) is 1. The van der Waals surface area contributed by atoms with E-state index in [2.05, 4.69) is 45.1 Å². The second-order valence-electron chi connectivity index (χ2n) is 13.7. The Balaban J connectivity index is 1.50. The molecule has 2 aliphatic carbocycles. The number of hydrogen-bond donors (Lipinski definition) is 0. The van der Waals surface area contributed by atoms with Gasteiger partial charge in [-0.15, -0.1) is 0 Å². The number of nitrogens with zero attached hydrogens (tertiary/aromatic N) is 1. The van der Waals surface area contributed by atoms with Crippen LogP contribution in [-0.4, -0.2) is 29.7 Å². The van der Waals surface area contributed by atoms with Crippen molar-refractivity contribution in [3.63, 3.8) is 0 Å². The molecule has 2 aromatic rings. The monoisotopic (exact) mass is 635 g/mol. The van der Waals surface area contributed by atoms with E-state index in [0.29, 0.717) is 18.6 Å². The van der Waals surface area contributed by atoms with Crippen molar-refractivity contribution in [2.24, 2.45) is 5.41 Å². The number of carbonyl (C=O) groups is 1. The molecule has 1 unspecified atom stereocenters. The number of benzene rings is 2. The lowest BCUT2D eigenvalue weighted by Crippen LogP contribution is -2.45. The first-order valence-electron chi connectivity index (χ1n) is 15.2. The number of alkyl halides is 6. The topological polar surface area (TPSA) is 38.8 Å². The molecule has 244 valence electrons. The van der Waals surface area contributed by atoms with Crippen LogP contribution in [-0.2, 0) is 41.2 Å². The lowest BCUT2D eigenvalue weighted by atomic mass is 9.74. The summed E-state index contributed by atoms with van der Waals surface area (Å²) < 4.78 is 92.7. The Morgan fingerprint density at radius 2 is 1.56 bits per heavy atom. The maximum absolute atomic E-state index is 13.5. The maximum atomic E-state index is 13.5. The molecule has 0 bridgehead atoms. The average molecular weight is 636 g/mol. The molecule has 10 heteroatoms. The molecule has 1 amide bonds. The summed E-state index contributed by atoms with van der Waals surface area (Å²) in [6.07, 6.45) is -4.10. The van der Waals surface area contributed by atoms with Crippen LogP contribution in [0.5, 0.6) is 0 Å². The third-order valence-electron chi connectivity index (χ3n) is 9.39. The molecule has 0 saturated carbocycles. The molecule has 5 rings (SSSR count). The highest BCUT2D eigenvalue weighted by atomic mass is 19.4. The van der Waals surface area contributed by atoms with Gasteiger partial charge in [-0.2, -0.15) is 26.3 Å². The van der Waals surface area contributed by atoms with Crippen LogP contribution in [0.1, 0.15) is 98.9 Å². The van der Waals surface area contributed by atoms with Crippen molar-refractivity contribution >= 4 is 11.7 Å². The minimum absolute atomic E-state index is 0.0278. The van der Waals surface area contributed by atoms with E-state index in [1.165, 1.54) is 21.6 Å². The summed E-state index contributed by atoms with van der Waals surface area (Å²) in [5.74, 6) is 0. The maximum Gasteiger partial charge on any atom is 0.416 e. The number of fused-ring (bicyclic) bond motifs is 1. The van der Waals surface area contributed by atoms with Crippen molar-refractivity contribution in [3.8, 4) is 0 Å². The van der Waals surface area contributed by atoms with Crippen LogP contribution in [0.4, 0.5) is 31.1 Å². The first-order valence-corrected chi connectivity index (χ1v) is 15.2. The third kappa shape index (κ3) is 6.67. The first kappa shape index (κ1) is 33.1. The van der Waals surface area contributed by atoms with E-state index in [4.69, 9.17) is 9.47 Å². The zero-order valence-corrected chi connectivity index (χ0v) is 26.4. The Bertz CT molecular complexity index is 1520. The highest BCUT2D eigenvalue weighted by Crippen LogP contribution is 2.45. The molecular formula is C35H39F6NO3. The van der Waals surface area contributed by atoms with E-state index < -0.39 is 47.3 Å². The summed E-state index contributed by atoms with van der Waals surface area (Å²) >= 11 is 0. The van der Waals surface area contributed by atoms with Gasteiger partial charge in [-0.25, -0.2) is 4.79 Å². The van der Waals surface area contributed by atoms with Gasteiger partial charge in [0.05, 0.1) is 16.7 Å². The van der Waals surface area contributed by atoms with E-state index in [-0.39, 0.29) is 30.0 Å². The number of allylic oxidation sites excluding steroid dienone is 2. The number of ether oxygens (including phenoxy) is 2. The molecule has 0 radical (unpaired) electrons. The largest absolute Gasteiger partial charge is 0.441 e. The number of hydrogen-bond acceptors (Lipinski definition) is 3. The van der Waals surface area contributed by atoms with E-state index in [1.807, 2.05) is 6.92 Å². The lowest BCUT2D eigenvalue weighted by molar-refractivity contribution is -0.143. The number of halogens is 6. The minimum Gasteiger partial charge on any atom is -0.441 e. The Kier molecular flexibility index (Phi) is 8.47. The second-order valence-corrected chi connectivity index (χ2v) is 13.7. The van der Waals surface area contributed by atoms with E-state index in [1.54, 1.807) is 14.0 Å². The summed E-state index contributed by atoms with van der Waals surface area (Å²) in [4.78, 5) is 15.0. The van der Waals surface area contributed by atoms with Crippen molar-refractivity contribution < 1.29 is 40.6 Å². The van der Waals surface area contributed by atoms with Crippen LogP contribution in [0.2, 0.25) is 0 Å². The van der Waals surface area contributed by atoms with E-state index in [0.717, 1.165) is 36.0 Å². The van der Waals surface area contributed by atoms with Crippen LogP contribution < -0.4 is 0 Å². The van der Waals surface area contributed by atoms with Crippen LogP contribution in [0.15, 0.2) is 48.1 Å².